The van der Waals surface area contributed by atoms with E-state index in [-0.39, 0.29) is 5.91 Å². The molecule has 0 saturated carbocycles. The van der Waals surface area contributed by atoms with Crippen LogP contribution in [-0.2, 0) is 9.47 Å². The highest BCUT2D eigenvalue weighted by atomic mass is 35.5. The van der Waals surface area contributed by atoms with E-state index in [1.165, 1.54) is 0 Å². The second-order valence-corrected chi connectivity index (χ2v) is 6.97. The summed E-state index contributed by atoms with van der Waals surface area (Å²) in [6.45, 7) is 2.00. The highest BCUT2D eigenvalue weighted by Gasteiger charge is 2.16. The zero-order chi connectivity index (χ0) is 20.6. The summed E-state index contributed by atoms with van der Waals surface area (Å²) in [4.78, 5) is 14.5. The van der Waals surface area contributed by atoms with Gasteiger partial charge in [-0.3, -0.25) is 9.89 Å². The Morgan fingerprint density at radius 1 is 0.966 bits per heavy atom. The van der Waals surface area contributed by atoms with Crippen molar-refractivity contribution in [3.05, 3.63) is 65.2 Å². The summed E-state index contributed by atoms with van der Waals surface area (Å²) >= 11 is 5.95. The summed E-state index contributed by atoms with van der Waals surface area (Å²) in [6, 6.07) is 17.0. The molecule has 0 aliphatic rings. The first-order valence-electron chi connectivity index (χ1n) is 9.31. The summed E-state index contributed by atoms with van der Waals surface area (Å²) < 4.78 is 10.2. The third-order valence-electron chi connectivity index (χ3n) is 4.58. The van der Waals surface area contributed by atoms with E-state index >= 15 is 0 Å². The molecule has 0 spiro atoms. The van der Waals surface area contributed by atoms with Crippen LogP contribution in [0.2, 0.25) is 5.02 Å². The lowest BCUT2D eigenvalue weighted by Crippen LogP contribution is -2.36. The van der Waals surface area contributed by atoms with E-state index in [1.54, 1.807) is 19.1 Å². The molecule has 0 atom stereocenters. The van der Waals surface area contributed by atoms with Crippen molar-refractivity contribution in [3.8, 4) is 22.5 Å². The number of amides is 1. The van der Waals surface area contributed by atoms with E-state index in [0.717, 1.165) is 22.5 Å². The van der Waals surface area contributed by atoms with Crippen molar-refractivity contribution in [2.45, 2.75) is 0 Å². The lowest BCUT2D eigenvalue weighted by Gasteiger charge is -2.22. The number of carbonyl (C=O) groups is 1. The van der Waals surface area contributed by atoms with Crippen LogP contribution in [0.25, 0.3) is 22.5 Å². The van der Waals surface area contributed by atoms with Gasteiger partial charge < -0.3 is 14.4 Å². The van der Waals surface area contributed by atoms with Crippen molar-refractivity contribution >= 4 is 17.5 Å². The average molecular weight is 414 g/mol. The topological polar surface area (TPSA) is 67.5 Å². The van der Waals surface area contributed by atoms with Gasteiger partial charge in [0.1, 0.15) is 0 Å². The molecule has 1 aromatic heterocycles. The first-order chi connectivity index (χ1) is 14.1. The molecule has 1 N–H and O–H groups in total. The van der Waals surface area contributed by atoms with Gasteiger partial charge in [0.2, 0.25) is 0 Å². The summed E-state index contributed by atoms with van der Waals surface area (Å²) in [7, 11) is 3.24. The molecule has 6 nitrogen and oxygen atoms in total. The molecule has 152 valence electrons. The zero-order valence-electron chi connectivity index (χ0n) is 16.5. The minimum absolute atomic E-state index is 0.0467. The van der Waals surface area contributed by atoms with E-state index < -0.39 is 0 Å². The highest BCUT2D eigenvalue weighted by molar-refractivity contribution is 6.30. The number of H-pyrrole nitrogens is 1. The Balaban J connectivity index is 1.74. The molecule has 1 amide bonds. The van der Waals surface area contributed by atoms with Crippen molar-refractivity contribution in [1.29, 1.82) is 0 Å². The van der Waals surface area contributed by atoms with Crippen LogP contribution in [0.1, 0.15) is 10.4 Å². The highest BCUT2D eigenvalue weighted by Crippen LogP contribution is 2.25. The van der Waals surface area contributed by atoms with E-state index in [0.29, 0.717) is 36.9 Å². The van der Waals surface area contributed by atoms with Crippen molar-refractivity contribution in [1.82, 2.24) is 15.1 Å². The van der Waals surface area contributed by atoms with Gasteiger partial charge in [-0.05, 0) is 35.9 Å². The van der Waals surface area contributed by atoms with Gasteiger partial charge in [0, 0.05) is 43.5 Å². The van der Waals surface area contributed by atoms with Gasteiger partial charge >= 0.3 is 0 Å². The molecular formula is C22H24ClN3O3. The van der Waals surface area contributed by atoms with Gasteiger partial charge in [-0.25, -0.2) is 0 Å². The molecule has 0 unspecified atom stereocenters. The predicted molar refractivity (Wildman–Crippen MR) is 114 cm³/mol. The van der Waals surface area contributed by atoms with E-state index in [9.17, 15) is 4.79 Å². The summed E-state index contributed by atoms with van der Waals surface area (Å²) in [5, 5.41) is 8.13. The quantitative estimate of drug-likeness (QED) is 0.572. The normalized spacial score (nSPS) is 10.9. The first kappa shape index (κ1) is 21.0. The van der Waals surface area contributed by atoms with Crippen molar-refractivity contribution in [3.63, 3.8) is 0 Å². The van der Waals surface area contributed by atoms with Gasteiger partial charge in [0.05, 0.1) is 24.6 Å². The largest absolute Gasteiger partial charge is 0.383 e. The van der Waals surface area contributed by atoms with E-state index in [1.807, 2.05) is 54.6 Å². The molecule has 0 bridgehead atoms. The maximum absolute atomic E-state index is 12.8. The van der Waals surface area contributed by atoms with Gasteiger partial charge in [-0.15, -0.1) is 0 Å². The van der Waals surface area contributed by atoms with Crippen LogP contribution >= 0.6 is 11.6 Å². The number of ether oxygens (including phenoxy) is 2. The average Bonchev–Trinajstić information content (AvgIpc) is 3.24. The van der Waals surface area contributed by atoms with Crippen molar-refractivity contribution in [2.24, 2.45) is 0 Å². The second kappa shape index (κ2) is 10.2. The standard InChI is InChI=1S/C22H24ClN3O3/c1-28-13-11-26(12-14-29-2)22(27)18-5-3-16(4-6-18)20-15-21(25-24-20)17-7-9-19(23)10-8-17/h3-10,15H,11-14H2,1-2H3,(H,24,25). The first-order valence-corrected chi connectivity index (χ1v) is 9.69. The number of hydrogen-bond donors (Lipinski definition) is 1. The monoisotopic (exact) mass is 413 g/mol. The van der Waals surface area contributed by atoms with Crippen LogP contribution in [0, 0.1) is 0 Å². The summed E-state index contributed by atoms with van der Waals surface area (Å²) in [5.74, 6) is -0.0467. The molecule has 1 heterocycles. The number of rotatable bonds is 9. The predicted octanol–water partition coefficient (Wildman–Crippen LogP) is 4.13. The minimum atomic E-state index is -0.0467. The maximum atomic E-state index is 12.8. The molecule has 0 radical (unpaired) electrons. The minimum Gasteiger partial charge on any atom is -0.383 e. The lowest BCUT2D eigenvalue weighted by molar-refractivity contribution is 0.0627. The fourth-order valence-corrected chi connectivity index (χ4v) is 3.06. The van der Waals surface area contributed by atoms with E-state index in [2.05, 4.69) is 10.2 Å². The number of nitrogens with one attached hydrogen (secondary N) is 1. The van der Waals surface area contributed by atoms with Crippen molar-refractivity contribution < 1.29 is 14.3 Å². The molecule has 0 fully saturated rings. The smallest absolute Gasteiger partial charge is 0.254 e. The molecule has 29 heavy (non-hydrogen) atoms. The number of halogens is 1. The SMILES string of the molecule is COCCN(CCOC)C(=O)c1ccc(-c2cc(-c3ccc(Cl)cc3)[nH]n2)cc1. The zero-order valence-corrected chi connectivity index (χ0v) is 17.3. The molecule has 3 aromatic rings. The van der Waals surface area contributed by atoms with Gasteiger partial charge in [0.25, 0.3) is 5.91 Å². The number of aromatic nitrogens is 2. The lowest BCUT2D eigenvalue weighted by atomic mass is 10.1. The molecule has 7 heteroatoms. The van der Waals surface area contributed by atoms with Crippen LogP contribution in [0.5, 0.6) is 0 Å². The Labute approximate surface area is 175 Å². The molecule has 0 aliphatic heterocycles. The molecule has 2 aromatic carbocycles. The molecule has 0 aliphatic carbocycles. The number of aromatic amines is 1. The third-order valence-corrected chi connectivity index (χ3v) is 4.83. The van der Waals surface area contributed by atoms with Gasteiger partial charge in [-0.1, -0.05) is 35.9 Å². The fraction of sp³-hybridized carbons (Fsp3) is 0.273. The van der Waals surface area contributed by atoms with Crippen LogP contribution in [0.4, 0.5) is 0 Å². The van der Waals surface area contributed by atoms with Crippen LogP contribution in [-0.4, -0.2) is 61.5 Å². The Bertz CT molecular complexity index is 915. The number of methoxy groups -OCH3 is 2. The molecule has 0 saturated heterocycles. The fourth-order valence-electron chi connectivity index (χ4n) is 2.93. The number of carbonyl (C=O) groups excluding carboxylic acids is 1. The Morgan fingerprint density at radius 2 is 1.55 bits per heavy atom. The third kappa shape index (κ3) is 5.44. The maximum Gasteiger partial charge on any atom is 0.254 e. The number of nitrogens with zero attached hydrogens (tertiary/aromatic N) is 2. The van der Waals surface area contributed by atoms with Crippen LogP contribution in [0.15, 0.2) is 54.6 Å². The Kier molecular flexibility index (Phi) is 7.41. The molecule has 3 rings (SSSR count). The molecular weight excluding hydrogens is 390 g/mol. The second-order valence-electron chi connectivity index (χ2n) is 6.53. The van der Waals surface area contributed by atoms with Crippen LogP contribution < -0.4 is 0 Å². The van der Waals surface area contributed by atoms with E-state index in [4.69, 9.17) is 21.1 Å². The number of hydrogen-bond acceptors (Lipinski definition) is 4. The van der Waals surface area contributed by atoms with Crippen LogP contribution in [0.3, 0.4) is 0 Å². The van der Waals surface area contributed by atoms with Gasteiger partial charge in [-0.2, -0.15) is 5.10 Å². The van der Waals surface area contributed by atoms with Gasteiger partial charge in [0.15, 0.2) is 0 Å². The number of benzene rings is 2. The summed E-state index contributed by atoms with van der Waals surface area (Å²) in [6.07, 6.45) is 0. The Morgan fingerprint density at radius 3 is 2.14 bits per heavy atom. The summed E-state index contributed by atoms with van der Waals surface area (Å²) in [5.41, 5.74) is 4.27. The van der Waals surface area contributed by atoms with Crippen molar-refractivity contribution in [2.75, 3.05) is 40.5 Å². The Hall–Kier alpha value is -2.67.